The predicted octanol–water partition coefficient (Wildman–Crippen LogP) is 1.90. The van der Waals surface area contributed by atoms with Crippen molar-refractivity contribution in [2.45, 2.75) is 18.5 Å². The highest BCUT2D eigenvalue weighted by Gasteiger charge is 2.15. The van der Waals surface area contributed by atoms with Crippen molar-refractivity contribution in [2.24, 2.45) is 7.05 Å². The van der Waals surface area contributed by atoms with Gasteiger partial charge in [-0.25, -0.2) is 0 Å². The molecule has 8 heteroatoms. The minimum Gasteiger partial charge on any atom is -0.497 e. The fraction of sp³-hybridized carbons (Fsp3) is 0.375. The highest BCUT2D eigenvalue weighted by molar-refractivity contribution is 7.99. The first-order chi connectivity index (χ1) is 11.5. The number of hydrogen-bond acceptors (Lipinski definition) is 7. The third kappa shape index (κ3) is 4.58. The predicted molar refractivity (Wildman–Crippen MR) is 89.4 cm³/mol. The second-order valence-electron chi connectivity index (χ2n) is 4.88. The molecule has 1 aromatic heterocycles. The van der Waals surface area contributed by atoms with Crippen LogP contribution in [0, 0.1) is 0 Å². The van der Waals surface area contributed by atoms with Gasteiger partial charge in [0.15, 0.2) is 10.9 Å². The molecule has 0 bridgehead atoms. The molecule has 2 aromatic rings. The van der Waals surface area contributed by atoms with E-state index in [0.29, 0.717) is 28.9 Å². The van der Waals surface area contributed by atoms with Crippen molar-refractivity contribution in [2.75, 3.05) is 19.5 Å². The molecule has 0 saturated heterocycles. The minimum atomic E-state index is -0.348. The van der Waals surface area contributed by atoms with Crippen LogP contribution in [0.25, 0.3) is 0 Å². The van der Waals surface area contributed by atoms with Crippen molar-refractivity contribution >= 4 is 23.5 Å². The Morgan fingerprint density at radius 3 is 2.54 bits per heavy atom. The van der Waals surface area contributed by atoms with Crippen LogP contribution in [0.1, 0.15) is 23.1 Å². The van der Waals surface area contributed by atoms with Crippen molar-refractivity contribution in [3.63, 3.8) is 0 Å². The number of nitrogens with zero attached hydrogens (tertiary/aromatic N) is 3. The molecule has 0 N–H and O–H groups in total. The van der Waals surface area contributed by atoms with Gasteiger partial charge >= 0.3 is 5.97 Å². The van der Waals surface area contributed by atoms with E-state index in [1.54, 1.807) is 49.9 Å². The van der Waals surface area contributed by atoms with E-state index in [1.807, 2.05) is 0 Å². The van der Waals surface area contributed by atoms with Crippen molar-refractivity contribution in [3.05, 3.63) is 35.7 Å². The number of benzene rings is 1. The summed E-state index contributed by atoms with van der Waals surface area (Å²) in [5.74, 6) is 1.08. The zero-order valence-electron chi connectivity index (χ0n) is 13.8. The molecule has 0 radical (unpaired) electrons. The van der Waals surface area contributed by atoms with E-state index >= 15 is 0 Å². The molecule has 0 aliphatic carbocycles. The first-order valence-corrected chi connectivity index (χ1v) is 8.37. The largest absolute Gasteiger partial charge is 0.497 e. The van der Waals surface area contributed by atoms with E-state index in [1.165, 1.54) is 11.8 Å². The second-order valence-corrected chi connectivity index (χ2v) is 5.82. The Morgan fingerprint density at radius 2 is 1.92 bits per heavy atom. The number of aromatic nitrogens is 3. The maximum atomic E-state index is 12.2. The van der Waals surface area contributed by atoms with Crippen LogP contribution in [0.2, 0.25) is 0 Å². The maximum absolute atomic E-state index is 12.2. The standard InChI is InChI=1S/C16H19N3O4S/c1-4-23-15(21)9-14-17-18-16(19(14)2)24-10-13(20)11-5-7-12(22-3)8-6-11/h5-8H,4,9-10H2,1-3H3. The molecule has 0 atom stereocenters. The van der Waals surface area contributed by atoms with Gasteiger partial charge < -0.3 is 14.0 Å². The SMILES string of the molecule is CCOC(=O)Cc1nnc(SCC(=O)c2ccc(OC)cc2)n1C. The van der Waals surface area contributed by atoms with Crippen molar-refractivity contribution in [1.29, 1.82) is 0 Å². The van der Waals surface area contributed by atoms with Gasteiger partial charge in [0.2, 0.25) is 0 Å². The number of ether oxygens (including phenoxy) is 2. The number of esters is 1. The Balaban J connectivity index is 1.95. The van der Waals surface area contributed by atoms with Crippen LogP contribution in [0.3, 0.4) is 0 Å². The topological polar surface area (TPSA) is 83.3 Å². The number of ketones is 1. The summed E-state index contributed by atoms with van der Waals surface area (Å²) < 4.78 is 11.7. The number of carbonyl (C=O) groups is 2. The Kier molecular flexibility index (Phi) is 6.36. The Bertz CT molecular complexity index is 713. The number of Topliss-reactive ketones (excluding diaryl/α,β-unsaturated/α-hetero) is 1. The van der Waals surface area contributed by atoms with Crippen LogP contribution < -0.4 is 4.74 Å². The Hall–Kier alpha value is -2.35. The molecule has 0 unspecified atom stereocenters. The number of methoxy groups -OCH3 is 1. The van der Waals surface area contributed by atoms with Crippen LogP contribution in [0.15, 0.2) is 29.4 Å². The molecule has 0 saturated carbocycles. The van der Waals surface area contributed by atoms with E-state index in [0.717, 1.165) is 0 Å². The van der Waals surface area contributed by atoms with Crippen LogP contribution in [-0.4, -0.2) is 46.0 Å². The summed E-state index contributed by atoms with van der Waals surface area (Å²) in [7, 11) is 3.34. The minimum absolute atomic E-state index is 0.0161. The Morgan fingerprint density at radius 1 is 1.21 bits per heavy atom. The third-order valence-electron chi connectivity index (χ3n) is 3.28. The highest BCUT2D eigenvalue weighted by Crippen LogP contribution is 2.19. The van der Waals surface area contributed by atoms with Gasteiger partial charge in [-0.2, -0.15) is 0 Å². The van der Waals surface area contributed by atoms with Crippen molar-refractivity contribution in [3.8, 4) is 5.75 Å². The molecule has 0 aliphatic heterocycles. The average molecular weight is 349 g/mol. The lowest BCUT2D eigenvalue weighted by molar-refractivity contribution is -0.142. The van der Waals surface area contributed by atoms with E-state index in [4.69, 9.17) is 9.47 Å². The number of rotatable bonds is 8. The first kappa shape index (κ1) is 18.0. The van der Waals surface area contributed by atoms with Crippen LogP contribution in [-0.2, 0) is 23.0 Å². The second kappa shape index (κ2) is 8.49. The van der Waals surface area contributed by atoms with Gasteiger partial charge in [0, 0.05) is 12.6 Å². The summed E-state index contributed by atoms with van der Waals surface area (Å²) in [6.45, 7) is 2.08. The van der Waals surface area contributed by atoms with Crippen LogP contribution in [0.4, 0.5) is 0 Å². The molecule has 24 heavy (non-hydrogen) atoms. The molecule has 128 valence electrons. The zero-order valence-corrected chi connectivity index (χ0v) is 14.6. The van der Waals surface area contributed by atoms with Crippen LogP contribution in [0.5, 0.6) is 5.75 Å². The summed E-state index contributed by atoms with van der Waals surface area (Å²) in [6.07, 6.45) is 0.0598. The normalized spacial score (nSPS) is 10.5. The molecule has 1 heterocycles. The summed E-state index contributed by atoms with van der Waals surface area (Å²) >= 11 is 1.28. The maximum Gasteiger partial charge on any atom is 0.313 e. The number of carbonyl (C=O) groups excluding carboxylic acids is 2. The van der Waals surface area contributed by atoms with E-state index in [2.05, 4.69) is 10.2 Å². The highest BCUT2D eigenvalue weighted by atomic mass is 32.2. The van der Waals surface area contributed by atoms with Crippen molar-refractivity contribution in [1.82, 2.24) is 14.8 Å². The zero-order chi connectivity index (χ0) is 17.5. The number of thioether (sulfide) groups is 1. The summed E-state index contributed by atoms with van der Waals surface area (Å²) in [5, 5.41) is 8.57. The van der Waals surface area contributed by atoms with Gasteiger partial charge in [0.05, 0.1) is 19.5 Å². The monoisotopic (exact) mass is 349 g/mol. The van der Waals surface area contributed by atoms with Gasteiger partial charge in [0.1, 0.15) is 18.0 Å². The van der Waals surface area contributed by atoms with Gasteiger partial charge in [0.25, 0.3) is 0 Å². The Labute approximate surface area is 144 Å². The van der Waals surface area contributed by atoms with Crippen LogP contribution >= 0.6 is 11.8 Å². The number of hydrogen-bond donors (Lipinski definition) is 0. The lowest BCUT2D eigenvalue weighted by Gasteiger charge is -2.04. The van der Waals surface area contributed by atoms with Gasteiger partial charge in [-0.1, -0.05) is 11.8 Å². The molecule has 0 spiro atoms. The summed E-state index contributed by atoms with van der Waals surface area (Å²) in [5.41, 5.74) is 0.609. The smallest absolute Gasteiger partial charge is 0.313 e. The van der Waals surface area contributed by atoms with E-state index < -0.39 is 0 Å². The third-order valence-corrected chi connectivity index (χ3v) is 4.30. The van der Waals surface area contributed by atoms with Gasteiger partial charge in [-0.15, -0.1) is 10.2 Å². The van der Waals surface area contributed by atoms with Gasteiger partial charge in [-0.05, 0) is 31.2 Å². The summed E-state index contributed by atoms with van der Waals surface area (Å²) in [4.78, 5) is 23.7. The molecule has 0 fully saturated rings. The summed E-state index contributed by atoms with van der Waals surface area (Å²) in [6, 6.07) is 6.95. The lowest BCUT2D eigenvalue weighted by Crippen LogP contribution is -2.11. The van der Waals surface area contributed by atoms with E-state index in [9.17, 15) is 9.59 Å². The average Bonchev–Trinajstić information content (AvgIpc) is 2.93. The molecular formula is C16H19N3O4S. The van der Waals surface area contributed by atoms with E-state index in [-0.39, 0.29) is 23.9 Å². The molecule has 7 nitrogen and oxygen atoms in total. The molecular weight excluding hydrogens is 330 g/mol. The molecule has 0 amide bonds. The molecule has 1 aromatic carbocycles. The first-order valence-electron chi connectivity index (χ1n) is 7.39. The fourth-order valence-electron chi connectivity index (χ4n) is 1.96. The van der Waals surface area contributed by atoms with Crippen molar-refractivity contribution < 1.29 is 19.1 Å². The fourth-order valence-corrected chi connectivity index (χ4v) is 2.78. The quantitative estimate of drug-likeness (QED) is 0.409. The van der Waals surface area contributed by atoms with Gasteiger partial charge in [-0.3, -0.25) is 9.59 Å². The molecule has 2 rings (SSSR count). The lowest BCUT2D eigenvalue weighted by atomic mass is 10.1. The molecule has 0 aliphatic rings.